The molecule has 1 unspecified atom stereocenters. The molecule has 7 nitrogen and oxygen atoms in total. The van der Waals surface area contributed by atoms with Gasteiger partial charge in [0, 0.05) is 17.3 Å². The summed E-state index contributed by atoms with van der Waals surface area (Å²) in [4.78, 5) is 13.7. The maximum Gasteiger partial charge on any atom is 0.282 e. The van der Waals surface area contributed by atoms with Crippen LogP contribution >= 0.6 is 0 Å². The van der Waals surface area contributed by atoms with Gasteiger partial charge < -0.3 is 29.2 Å². The molecule has 2 N–H and O–H groups in total. The molecule has 2 aromatic rings. The predicted octanol–water partition coefficient (Wildman–Crippen LogP) is 1.19. The Balaban J connectivity index is 1.38. The third kappa shape index (κ3) is 3.25. The van der Waals surface area contributed by atoms with Crippen molar-refractivity contribution in [3.63, 3.8) is 0 Å². The molecule has 26 heavy (non-hydrogen) atoms. The molecule has 2 aliphatic rings. The van der Waals surface area contributed by atoms with Crippen LogP contribution in [0.2, 0.25) is 0 Å². The first-order chi connectivity index (χ1) is 12.6. The number of benzene rings is 2. The molecule has 2 heterocycles. The number of nitrogens with one attached hydrogen (secondary N) is 2. The van der Waals surface area contributed by atoms with E-state index in [1.807, 2.05) is 38.2 Å². The number of fused-ring (bicyclic) bond motifs is 2. The van der Waals surface area contributed by atoms with Gasteiger partial charge in [-0.1, -0.05) is 0 Å². The Morgan fingerprint density at radius 2 is 1.62 bits per heavy atom. The summed E-state index contributed by atoms with van der Waals surface area (Å²) in [5.41, 5.74) is 1.79. The van der Waals surface area contributed by atoms with E-state index in [4.69, 9.17) is 18.9 Å². The minimum absolute atomic E-state index is 0.0536. The molecule has 0 aliphatic carbocycles. The molecule has 7 heteroatoms. The van der Waals surface area contributed by atoms with E-state index in [0.29, 0.717) is 23.7 Å². The maximum atomic E-state index is 12.6. The van der Waals surface area contributed by atoms with Crippen molar-refractivity contribution in [2.75, 3.05) is 26.0 Å². The second-order valence-electron chi connectivity index (χ2n) is 6.49. The average Bonchev–Trinajstić information content (AvgIpc) is 3.28. The van der Waals surface area contributed by atoms with Gasteiger partial charge in [-0.25, -0.2) is 0 Å². The number of amides is 1. The summed E-state index contributed by atoms with van der Waals surface area (Å²) in [5.74, 6) is 2.81. The maximum absolute atomic E-state index is 12.6. The van der Waals surface area contributed by atoms with Crippen LogP contribution in [0, 0.1) is 0 Å². The SMILES string of the molecule is C[C@@H](C(=O)Nc1ccc2c(c1)OCO2)[NH+](C)Cc1ccc2c(c1)OCO2. The van der Waals surface area contributed by atoms with Crippen LogP contribution in [0.1, 0.15) is 12.5 Å². The summed E-state index contributed by atoms with van der Waals surface area (Å²) in [6, 6.07) is 11.0. The molecule has 0 bridgehead atoms. The molecule has 2 atom stereocenters. The minimum atomic E-state index is -0.231. The number of carbonyl (C=O) groups excluding carboxylic acids is 1. The average molecular weight is 357 g/mol. The van der Waals surface area contributed by atoms with Crippen molar-refractivity contribution in [3.05, 3.63) is 42.0 Å². The first-order valence-electron chi connectivity index (χ1n) is 8.51. The quantitative estimate of drug-likeness (QED) is 0.841. The van der Waals surface area contributed by atoms with Crippen molar-refractivity contribution in [3.8, 4) is 23.0 Å². The lowest BCUT2D eigenvalue weighted by atomic mass is 10.1. The predicted molar refractivity (Wildman–Crippen MR) is 93.8 cm³/mol. The summed E-state index contributed by atoms with van der Waals surface area (Å²) < 4.78 is 21.4. The molecule has 0 saturated carbocycles. The van der Waals surface area contributed by atoms with Gasteiger partial charge >= 0.3 is 0 Å². The third-order valence-corrected chi connectivity index (χ3v) is 4.69. The van der Waals surface area contributed by atoms with Crippen molar-refractivity contribution < 1.29 is 28.6 Å². The largest absolute Gasteiger partial charge is 0.454 e. The van der Waals surface area contributed by atoms with Crippen LogP contribution in [-0.4, -0.2) is 32.6 Å². The fraction of sp³-hybridized carbons (Fsp3) is 0.316. The lowest BCUT2D eigenvalue weighted by Gasteiger charge is -2.21. The highest BCUT2D eigenvalue weighted by molar-refractivity contribution is 5.93. The highest BCUT2D eigenvalue weighted by atomic mass is 16.7. The summed E-state index contributed by atoms with van der Waals surface area (Å²) in [6.45, 7) is 3.08. The number of hydrogen-bond acceptors (Lipinski definition) is 5. The van der Waals surface area contributed by atoms with Gasteiger partial charge in [-0.3, -0.25) is 4.79 Å². The Kier molecular flexibility index (Phi) is 4.30. The van der Waals surface area contributed by atoms with Crippen LogP contribution in [0.4, 0.5) is 5.69 Å². The van der Waals surface area contributed by atoms with Crippen molar-refractivity contribution in [2.24, 2.45) is 0 Å². The van der Waals surface area contributed by atoms with E-state index in [-0.39, 0.29) is 25.5 Å². The number of carbonyl (C=O) groups is 1. The Labute approximate surface area is 151 Å². The molecule has 1 amide bonds. The van der Waals surface area contributed by atoms with Crippen LogP contribution in [0.25, 0.3) is 0 Å². The second-order valence-corrected chi connectivity index (χ2v) is 6.49. The van der Waals surface area contributed by atoms with Gasteiger partial charge in [-0.05, 0) is 37.3 Å². The number of anilines is 1. The van der Waals surface area contributed by atoms with Crippen LogP contribution in [-0.2, 0) is 11.3 Å². The van der Waals surface area contributed by atoms with Gasteiger partial charge in [0.2, 0.25) is 13.6 Å². The van der Waals surface area contributed by atoms with E-state index in [2.05, 4.69) is 5.32 Å². The monoisotopic (exact) mass is 357 g/mol. The van der Waals surface area contributed by atoms with Crippen molar-refractivity contribution >= 4 is 11.6 Å². The molecule has 0 spiro atoms. The zero-order chi connectivity index (χ0) is 18.1. The molecular formula is C19H21N2O5+. The smallest absolute Gasteiger partial charge is 0.282 e. The van der Waals surface area contributed by atoms with Gasteiger partial charge in [0.25, 0.3) is 5.91 Å². The highest BCUT2D eigenvalue weighted by Gasteiger charge is 2.24. The number of rotatable bonds is 5. The Bertz CT molecular complexity index is 839. The zero-order valence-corrected chi connectivity index (χ0v) is 14.7. The number of likely N-dealkylation sites (N-methyl/N-ethyl adjacent to an activating group) is 1. The fourth-order valence-corrected chi connectivity index (χ4v) is 2.97. The molecule has 2 aliphatic heterocycles. The van der Waals surface area contributed by atoms with E-state index >= 15 is 0 Å². The fourth-order valence-electron chi connectivity index (χ4n) is 2.97. The lowest BCUT2D eigenvalue weighted by Crippen LogP contribution is -3.12. The normalized spacial score (nSPS) is 16.2. The van der Waals surface area contributed by atoms with Crippen LogP contribution in [0.5, 0.6) is 23.0 Å². The van der Waals surface area contributed by atoms with Gasteiger partial charge in [0.1, 0.15) is 6.54 Å². The Morgan fingerprint density at radius 3 is 2.35 bits per heavy atom. The van der Waals surface area contributed by atoms with Gasteiger partial charge in [0.05, 0.1) is 7.05 Å². The molecule has 0 fully saturated rings. The van der Waals surface area contributed by atoms with E-state index in [9.17, 15) is 4.79 Å². The van der Waals surface area contributed by atoms with Crippen molar-refractivity contribution in [1.29, 1.82) is 0 Å². The van der Waals surface area contributed by atoms with E-state index in [1.54, 1.807) is 12.1 Å². The lowest BCUT2D eigenvalue weighted by molar-refractivity contribution is -0.907. The van der Waals surface area contributed by atoms with Crippen LogP contribution in [0.15, 0.2) is 36.4 Å². The summed E-state index contributed by atoms with van der Waals surface area (Å²) in [5, 5.41) is 2.94. The summed E-state index contributed by atoms with van der Waals surface area (Å²) in [6.07, 6.45) is 0. The minimum Gasteiger partial charge on any atom is -0.454 e. The van der Waals surface area contributed by atoms with Gasteiger partial charge in [-0.15, -0.1) is 0 Å². The number of hydrogen-bond donors (Lipinski definition) is 2. The first-order valence-corrected chi connectivity index (χ1v) is 8.51. The van der Waals surface area contributed by atoms with Crippen LogP contribution < -0.4 is 29.2 Å². The molecular weight excluding hydrogens is 336 g/mol. The second kappa shape index (κ2) is 6.76. The molecule has 2 aromatic carbocycles. The molecule has 0 saturated heterocycles. The van der Waals surface area contributed by atoms with E-state index in [1.165, 1.54) is 0 Å². The highest BCUT2D eigenvalue weighted by Crippen LogP contribution is 2.34. The Morgan fingerprint density at radius 1 is 1.00 bits per heavy atom. The third-order valence-electron chi connectivity index (χ3n) is 4.69. The molecule has 0 aromatic heterocycles. The molecule has 136 valence electrons. The summed E-state index contributed by atoms with van der Waals surface area (Å²) >= 11 is 0. The number of ether oxygens (including phenoxy) is 4. The van der Waals surface area contributed by atoms with Crippen LogP contribution in [0.3, 0.4) is 0 Å². The van der Waals surface area contributed by atoms with Crippen molar-refractivity contribution in [2.45, 2.75) is 19.5 Å². The van der Waals surface area contributed by atoms with Gasteiger partial charge in [-0.2, -0.15) is 0 Å². The van der Waals surface area contributed by atoms with Gasteiger partial charge in [0.15, 0.2) is 29.0 Å². The zero-order valence-electron chi connectivity index (χ0n) is 14.7. The first kappa shape index (κ1) is 16.5. The molecule has 0 radical (unpaired) electrons. The molecule has 4 rings (SSSR count). The van der Waals surface area contributed by atoms with E-state index in [0.717, 1.165) is 22.0 Å². The van der Waals surface area contributed by atoms with E-state index < -0.39 is 0 Å². The standard InChI is InChI=1S/C19H20N2O5/c1-12(19(22)20-14-4-6-16-18(8-14)26-11-24-16)21(2)9-13-3-5-15-17(7-13)25-10-23-15/h3-8,12H,9-11H2,1-2H3,(H,20,22)/p+1/t12-/m0/s1. The Hall–Kier alpha value is -2.93. The van der Waals surface area contributed by atoms with Crippen molar-refractivity contribution in [1.82, 2.24) is 0 Å². The number of quaternary nitrogens is 1. The summed E-state index contributed by atoms with van der Waals surface area (Å²) in [7, 11) is 1.99. The topological polar surface area (TPSA) is 70.5 Å².